The number of aryl methyl sites for hydroxylation is 2. The van der Waals surface area contributed by atoms with E-state index in [-0.39, 0.29) is 27.5 Å². The maximum atomic E-state index is 13.2. The Labute approximate surface area is 186 Å². The van der Waals surface area contributed by atoms with Gasteiger partial charge < -0.3 is 10.0 Å². The minimum atomic E-state index is -4.46. The first kappa shape index (κ1) is 23.0. The zero-order valence-electron chi connectivity index (χ0n) is 17.8. The maximum absolute atomic E-state index is 13.2. The number of carbonyl (C=O) groups excluding carboxylic acids is 1. The van der Waals surface area contributed by atoms with Gasteiger partial charge in [0.1, 0.15) is 4.83 Å². The zero-order valence-corrected chi connectivity index (χ0v) is 18.6. The standard InChI is InChI=1S/C21H26F3N3O4S/c1-12-15-17(29)26(10-4-13-2-3-13)20(31)27(11-7-21(22,23)24)19(15)32-16(12)18(30)25-8-5-14(28)6-9-25/h13-14,28H,2-11H2,1H3. The summed E-state index contributed by atoms with van der Waals surface area (Å²) < 4.78 is 40.9. The fourth-order valence-electron chi connectivity index (χ4n) is 4.16. The predicted octanol–water partition coefficient (Wildman–Crippen LogP) is 2.88. The SMILES string of the molecule is Cc1c(C(=O)N2CCC(O)CC2)sc2c1c(=O)n(CCC1CC1)c(=O)n2CCC(F)(F)F. The first-order valence-corrected chi connectivity index (χ1v) is 11.7. The summed E-state index contributed by atoms with van der Waals surface area (Å²) >= 11 is 0.906. The van der Waals surface area contributed by atoms with Gasteiger partial charge in [0.05, 0.1) is 22.8 Å². The second-order valence-corrected chi connectivity index (χ2v) is 9.75. The summed E-state index contributed by atoms with van der Waals surface area (Å²) in [5.41, 5.74) is -0.906. The van der Waals surface area contributed by atoms with Crippen LogP contribution in [-0.4, -0.2) is 50.4 Å². The molecule has 32 heavy (non-hydrogen) atoms. The lowest BCUT2D eigenvalue weighted by Gasteiger charge is -2.29. The van der Waals surface area contributed by atoms with Crippen molar-refractivity contribution in [3.8, 4) is 0 Å². The summed E-state index contributed by atoms with van der Waals surface area (Å²) in [5, 5.41) is 9.84. The molecule has 2 aromatic heterocycles. The summed E-state index contributed by atoms with van der Waals surface area (Å²) in [6.45, 7) is 1.88. The van der Waals surface area contributed by atoms with Crippen LogP contribution in [0.2, 0.25) is 0 Å². The van der Waals surface area contributed by atoms with Gasteiger partial charge in [0.25, 0.3) is 11.5 Å². The van der Waals surface area contributed by atoms with Crippen LogP contribution in [-0.2, 0) is 13.1 Å². The Balaban J connectivity index is 1.79. The van der Waals surface area contributed by atoms with Gasteiger partial charge >= 0.3 is 11.9 Å². The number of fused-ring (bicyclic) bond motifs is 1. The molecular weight excluding hydrogens is 447 g/mol. The topological polar surface area (TPSA) is 84.5 Å². The normalized spacial score (nSPS) is 18.0. The molecule has 1 saturated carbocycles. The van der Waals surface area contributed by atoms with E-state index in [9.17, 15) is 32.7 Å². The molecule has 1 saturated heterocycles. The summed E-state index contributed by atoms with van der Waals surface area (Å²) in [5.74, 6) is 0.116. The number of likely N-dealkylation sites (tertiary alicyclic amines) is 1. The Morgan fingerprint density at radius 3 is 2.34 bits per heavy atom. The molecule has 0 unspecified atom stereocenters. The second kappa shape index (κ2) is 8.66. The molecule has 0 atom stereocenters. The predicted molar refractivity (Wildman–Crippen MR) is 114 cm³/mol. The molecule has 2 aliphatic rings. The van der Waals surface area contributed by atoms with E-state index in [1.165, 1.54) is 0 Å². The van der Waals surface area contributed by atoms with Gasteiger partial charge in [-0.2, -0.15) is 13.2 Å². The third kappa shape index (κ3) is 4.63. The number of aliphatic hydroxyl groups is 1. The fraction of sp³-hybridized carbons (Fsp3) is 0.667. The van der Waals surface area contributed by atoms with E-state index in [0.29, 0.717) is 43.8 Å². The number of rotatable bonds is 6. The van der Waals surface area contributed by atoms with E-state index < -0.39 is 36.5 Å². The van der Waals surface area contributed by atoms with Crippen molar-refractivity contribution in [3.05, 3.63) is 31.3 Å². The number of hydrogen-bond donors (Lipinski definition) is 1. The Morgan fingerprint density at radius 1 is 1.09 bits per heavy atom. The molecule has 176 valence electrons. The second-order valence-electron chi connectivity index (χ2n) is 8.75. The lowest BCUT2D eigenvalue weighted by molar-refractivity contribution is -0.136. The number of thiophene rings is 1. The maximum Gasteiger partial charge on any atom is 0.390 e. The Hall–Kier alpha value is -2.14. The van der Waals surface area contributed by atoms with Crippen molar-refractivity contribution in [1.82, 2.24) is 14.0 Å². The van der Waals surface area contributed by atoms with Crippen LogP contribution in [0, 0.1) is 12.8 Å². The number of alkyl halides is 3. The summed E-state index contributed by atoms with van der Waals surface area (Å²) in [4.78, 5) is 41.3. The number of piperidine rings is 1. The van der Waals surface area contributed by atoms with E-state index in [0.717, 1.165) is 33.3 Å². The van der Waals surface area contributed by atoms with E-state index in [1.807, 2.05) is 0 Å². The van der Waals surface area contributed by atoms with Crippen LogP contribution in [0.3, 0.4) is 0 Å². The lowest BCUT2D eigenvalue weighted by atomic mass is 10.1. The Kier molecular flexibility index (Phi) is 6.23. The van der Waals surface area contributed by atoms with Gasteiger partial charge in [-0.1, -0.05) is 12.8 Å². The van der Waals surface area contributed by atoms with Gasteiger partial charge in [0, 0.05) is 26.2 Å². The van der Waals surface area contributed by atoms with Crippen LogP contribution in [0.15, 0.2) is 9.59 Å². The van der Waals surface area contributed by atoms with Gasteiger partial charge in [-0.15, -0.1) is 11.3 Å². The molecular formula is C21H26F3N3O4S. The molecule has 0 bridgehead atoms. The molecule has 2 aromatic rings. The average Bonchev–Trinajstić information content (AvgIpc) is 3.48. The molecule has 0 radical (unpaired) electrons. The van der Waals surface area contributed by atoms with E-state index in [2.05, 4.69) is 0 Å². The molecule has 1 N–H and O–H groups in total. The molecule has 0 aromatic carbocycles. The fourth-order valence-corrected chi connectivity index (χ4v) is 5.45. The number of amides is 1. The van der Waals surface area contributed by atoms with Crippen LogP contribution >= 0.6 is 11.3 Å². The highest BCUT2D eigenvalue weighted by Gasteiger charge is 2.31. The van der Waals surface area contributed by atoms with Gasteiger partial charge in [-0.05, 0) is 37.7 Å². The average molecular weight is 474 g/mol. The number of aromatic nitrogens is 2. The zero-order chi connectivity index (χ0) is 23.2. The number of carbonyl (C=O) groups is 1. The van der Waals surface area contributed by atoms with Crippen molar-refractivity contribution in [3.63, 3.8) is 0 Å². The van der Waals surface area contributed by atoms with E-state index >= 15 is 0 Å². The minimum absolute atomic E-state index is 0.116. The van der Waals surface area contributed by atoms with Crippen molar-refractivity contribution in [2.45, 2.75) is 70.8 Å². The van der Waals surface area contributed by atoms with Crippen LogP contribution in [0.5, 0.6) is 0 Å². The molecule has 1 aliphatic heterocycles. The van der Waals surface area contributed by atoms with Gasteiger partial charge in [-0.3, -0.25) is 18.7 Å². The number of halogens is 3. The largest absolute Gasteiger partial charge is 0.393 e. The molecule has 7 nitrogen and oxygen atoms in total. The van der Waals surface area contributed by atoms with Crippen LogP contribution < -0.4 is 11.2 Å². The molecule has 2 fully saturated rings. The Morgan fingerprint density at radius 2 is 1.75 bits per heavy atom. The quantitative estimate of drug-likeness (QED) is 0.699. The molecule has 0 spiro atoms. The number of aliphatic hydroxyl groups excluding tert-OH is 1. The summed E-state index contributed by atoms with van der Waals surface area (Å²) in [6.07, 6.45) is -2.55. The first-order valence-electron chi connectivity index (χ1n) is 10.9. The Bertz CT molecular complexity index is 1140. The van der Waals surface area contributed by atoms with Crippen molar-refractivity contribution in [2.75, 3.05) is 13.1 Å². The third-order valence-corrected chi connectivity index (χ3v) is 7.62. The minimum Gasteiger partial charge on any atom is -0.393 e. The number of hydrogen-bond acceptors (Lipinski definition) is 5. The van der Waals surface area contributed by atoms with Crippen molar-refractivity contribution in [2.24, 2.45) is 5.92 Å². The summed E-state index contributed by atoms with van der Waals surface area (Å²) in [7, 11) is 0. The monoisotopic (exact) mass is 473 g/mol. The smallest absolute Gasteiger partial charge is 0.390 e. The van der Waals surface area contributed by atoms with Crippen LogP contribution in [0.1, 0.15) is 53.8 Å². The van der Waals surface area contributed by atoms with Crippen molar-refractivity contribution in [1.29, 1.82) is 0 Å². The molecule has 3 heterocycles. The highest BCUT2D eigenvalue weighted by Crippen LogP contribution is 2.33. The molecule has 1 amide bonds. The molecule has 1 aliphatic carbocycles. The highest BCUT2D eigenvalue weighted by molar-refractivity contribution is 7.20. The van der Waals surface area contributed by atoms with Crippen molar-refractivity contribution >= 4 is 27.5 Å². The number of nitrogens with zero attached hydrogens (tertiary/aromatic N) is 3. The molecule has 4 rings (SSSR count). The van der Waals surface area contributed by atoms with Gasteiger partial charge in [0.2, 0.25) is 0 Å². The highest BCUT2D eigenvalue weighted by atomic mass is 32.1. The first-order chi connectivity index (χ1) is 15.1. The lowest BCUT2D eigenvalue weighted by Crippen LogP contribution is -2.40. The van der Waals surface area contributed by atoms with Gasteiger partial charge in [0.15, 0.2) is 0 Å². The van der Waals surface area contributed by atoms with E-state index in [4.69, 9.17) is 0 Å². The van der Waals surface area contributed by atoms with Crippen LogP contribution in [0.4, 0.5) is 13.2 Å². The summed E-state index contributed by atoms with van der Waals surface area (Å²) in [6, 6.07) is 0. The van der Waals surface area contributed by atoms with E-state index in [1.54, 1.807) is 11.8 Å². The van der Waals surface area contributed by atoms with Gasteiger partial charge in [-0.25, -0.2) is 4.79 Å². The third-order valence-electron chi connectivity index (χ3n) is 6.32. The van der Waals surface area contributed by atoms with Crippen LogP contribution in [0.25, 0.3) is 10.2 Å². The molecule has 11 heteroatoms. The van der Waals surface area contributed by atoms with Crippen molar-refractivity contribution < 1.29 is 23.1 Å².